The lowest BCUT2D eigenvalue weighted by Crippen LogP contribution is -2.22. The molecule has 6 nitrogen and oxygen atoms in total. The number of anilines is 3. The van der Waals surface area contributed by atoms with Crippen molar-refractivity contribution in [3.8, 4) is 0 Å². The van der Waals surface area contributed by atoms with Gasteiger partial charge in [0.25, 0.3) is 11.8 Å². The van der Waals surface area contributed by atoms with Crippen LogP contribution in [0.25, 0.3) is 0 Å². The fourth-order valence-electron chi connectivity index (χ4n) is 3.99. The zero-order valence-corrected chi connectivity index (χ0v) is 23.9. The summed E-state index contributed by atoms with van der Waals surface area (Å²) < 4.78 is 80.5. The highest BCUT2D eigenvalue weighted by atomic mass is 35.5. The Morgan fingerprint density at radius 3 is 1.90 bits per heavy atom. The van der Waals surface area contributed by atoms with Crippen LogP contribution in [0.4, 0.5) is 43.4 Å². The van der Waals surface area contributed by atoms with Gasteiger partial charge in [-0.1, -0.05) is 34.8 Å². The Morgan fingerprint density at radius 2 is 1.33 bits per heavy atom. The zero-order valence-electron chi connectivity index (χ0n) is 20.1. The fourth-order valence-corrected chi connectivity index (χ4v) is 5.43. The zero-order chi connectivity index (χ0) is 31.3. The van der Waals surface area contributed by atoms with E-state index >= 15 is 0 Å². The molecule has 1 saturated carbocycles. The summed E-state index contributed by atoms with van der Waals surface area (Å²) in [5.41, 5.74) is -2.93. The Hall–Kier alpha value is -2.90. The lowest BCUT2D eigenvalue weighted by atomic mass is 10.1. The van der Waals surface area contributed by atoms with Crippen molar-refractivity contribution in [1.29, 1.82) is 0 Å². The first kappa shape index (κ1) is 32.0. The molecule has 0 heterocycles. The largest absolute Gasteiger partial charge is 0.326 e. The number of nitrogens with one attached hydrogen (secondary N) is 3. The highest BCUT2D eigenvalue weighted by molar-refractivity contribution is 6.54. The van der Waals surface area contributed by atoms with Crippen molar-refractivity contribution < 1.29 is 40.7 Å². The molecule has 2 atom stereocenters. The summed E-state index contributed by atoms with van der Waals surface area (Å²) in [5.74, 6) is -12.5. The number of amides is 3. The molecule has 3 N–H and O–H groups in total. The van der Waals surface area contributed by atoms with Gasteiger partial charge < -0.3 is 16.0 Å². The first-order valence-corrected chi connectivity index (χ1v) is 13.1. The quantitative estimate of drug-likeness (QED) is 0.133. The van der Waals surface area contributed by atoms with Crippen molar-refractivity contribution in [2.24, 2.45) is 5.92 Å². The number of alkyl halides is 4. The third-order valence-electron chi connectivity index (χ3n) is 6.00. The standard InChI is InChI=1S/C25H12Cl5F6N3O3/c26-10-1-7(2-11(27)19(10)28)17-18(25(17,29)30)23(41)37-8-3-9(20(34)14(33)4-8)22(40)38-15-6-16(13(32)5-12(15)31)39-24(42)21(35)36/h1-6,17-18,21H,(H,37,41)(H,38,40)(H,39,42)/t17?,18-/m1/s1. The van der Waals surface area contributed by atoms with Crippen molar-refractivity contribution in [2.45, 2.75) is 16.7 Å². The molecular formula is C25H12Cl5F6N3O3. The minimum Gasteiger partial charge on any atom is -0.326 e. The van der Waals surface area contributed by atoms with Crippen LogP contribution < -0.4 is 16.0 Å². The molecule has 3 amide bonds. The second-order valence-corrected chi connectivity index (χ2v) is 11.4. The van der Waals surface area contributed by atoms with E-state index in [2.05, 4.69) is 5.32 Å². The van der Waals surface area contributed by atoms with Crippen molar-refractivity contribution in [1.82, 2.24) is 0 Å². The summed E-state index contributed by atoms with van der Waals surface area (Å²) in [7, 11) is 0. The average Bonchev–Trinajstić information content (AvgIpc) is 3.48. The molecule has 3 aromatic carbocycles. The van der Waals surface area contributed by atoms with E-state index in [4.69, 9.17) is 58.0 Å². The second kappa shape index (κ2) is 12.0. The summed E-state index contributed by atoms with van der Waals surface area (Å²) in [5, 5.41) is 5.74. The van der Waals surface area contributed by atoms with E-state index in [0.29, 0.717) is 23.8 Å². The molecule has 0 bridgehead atoms. The lowest BCUT2D eigenvalue weighted by Gasteiger charge is -2.13. The molecule has 0 spiro atoms. The fraction of sp³-hybridized carbons (Fsp3) is 0.160. The van der Waals surface area contributed by atoms with Gasteiger partial charge in [0.15, 0.2) is 11.6 Å². The molecule has 1 aliphatic carbocycles. The molecular weight excluding hydrogens is 682 g/mol. The molecule has 3 aromatic rings. The number of halogens is 11. The van der Waals surface area contributed by atoms with E-state index in [9.17, 15) is 40.7 Å². The van der Waals surface area contributed by atoms with Gasteiger partial charge in [-0.25, -0.2) is 17.6 Å². The Kier molecular flexibility index (Phi) is 9.15. The number of carbonyl (C=O) groups excluding carboxylic acids is 3. The van der Waals surface area contributed by atoms with Gasteiger partial charge in [-0.05, 0) is 29.8 Å². The number of hydrogen-bond acceptors (Lipinski definition) is 3. The maximum atomic E-state index is 14.5. The predicted octanol–water partition coefficient (Wildman–Crippen LogP) is 8.19. The summed E-state index contributed by atoms with van der Waals surface area (Å²) in [6.07, 6.45) is -3.54. The Morgan fingerprint density at radius 1 is 0.762 bits per heavy atom. The van der Waals surface area contributed by atoms with Crippen LogP contribution in [-0.4, -0.2) is 28.5 Å². The van der Waals surface area contributed by atoms with E-state index in [-0.39, 0.29) is 21.1 Å². The average molecular weight is 694 g/mol. The topological polar surface area (TPSA) is 87.3 Å². The van der Waals surface area contributed by atoms with Crippen LogP contribution in [-0.2, 0) is 9.59 Å². The molecule has 0 aromatic heterocycles. The Bertz CT molecular complexity index is 1620. The van der Waals surface area contributed by atoms with Gasteiger partial charge in [-0.2, -0.15) is 8.78 Å². The van der Waals surface area contributed by atoms with Crippen LogP contribution in [0.3, 0.4) is 0 Å². The first-order chi connectivity index (χ1) is 19.5. The number of benzene rings is 3. The minimum absolute atomic E-state index is 0.0562. The number of hydrogen-bond donors (Lipinski definition) is 3. The predicted molar refractivity (Wildman–Crippen MR) is 146 cm³/mol. The van der Waals surface area contributed by atoms with Crippen molar-refractivity contribution in [3.05, 3.63) is 85.9 Å². The molecule has 42 heavy (non-hydrogen) atoms. The molecule has 0 saturated heterocycles. The highest BCUT2D eigenvalue weighted by Gasteiger charge is 2.67. The summed E-state index contributed by atoms with van der Waals surface area (Å²) in [4.78, 5) is 36.9. The van der Waals surface area contributed by atoms with E-state index in [1.165, 1.54) is 17.4 Å². The van der Waals surface area contributed by atoms with Crippen molar-refractivity contribution in [2.75, 3.05) is 16.0 Å². The summed E-state index contributed by atoms with van der Waals surface area (Å²) in [6, 6.07) is 4.63. The monoisotopic (exact) mass is 691 g/mol. The van der Waals surface area contributed by atoms with E-state index in [0.717, 1.165) is 0 Å². The smallest absolute Gasteiger partial charge is 0.315 e. The summed E-state index contributed by atoms with van der Waals surface area (Å²) in [6.45, 7) is 0. The van der Waals surface area contributed by atoms with Gasteiger partial charge in [0.2, 0.25) is 5.91 Å². The van der Waals surface area contributed by atoms with Gasteiger partial charge >= 0.3 is 6.43 Å². The third-order valence-corrected chi connectivity index (χ3v) is 8.14. The van der Waals surface area contributed by atoms with Gasteiger partial charge in [-0.3, -0.25) is 14.4 Å². The molecule has 1 fully saturated rings. The van der Waals surface area contributed by atoms with Gasteiger partial charge in [-0.15, -0.1) is 23.2 Å². The van der Waals surface area contributed by atoms with Crippen LogP contribution in [0.15, 0.2) is 36.4 Å². The van der Waals surface area contributed by atoms with Crippen molar-refractivity contribution in [3.63, 3.8) is 0 Å². The lowest BCUT2D eigenvalue weighted by molar-refractivity contribution is -0.126. The van der Waals surface area contributed by atoms with E-state index in [1.807, 2.05) is 5.32 Å². The van der Waals surface area contributed by atoms with Crippen LogP contribution in [0.2, 0.25) is 15.1 Å². The molecule has 4 rings (SSSR count). The number of rotatable bonds is 7. The molecule has 1 aliphatic rings. The van der Waals surface area contributed by atoms with E-state index < -0.39 is 86.2 Å². The van der Waals surface area contributed by atoms with Gasteiger partial charge in [0.1, 0.15) is 16.0 Å². The first-order valence-electron chi connectivity index (χ1n) is 11.2. The second-order valence-electron chi connectivity index (χ2n) is 8.79. The maximum absolute atomic E-state index is 14.5. The van der Waals surface area contributed by atoms with Crippen LogP contribution in [0, 0.1) is 29.2 Å². The van der Waals surface area contributed by atoms with E-state index in [1.54, 1.807) is 0 Å². The third kappa shape index (κ3) is 6.37. The minimum atomic E-state index is -3.54. The van der Waals surface area contributed by atoms with Crippen molar-refractivity contribution >= 4 is 92.8 Å². The maximum Gasteiger partial charge on any atom is 0.315 e. The molecule has 0 aliphatic heterocycles. The van der Waals surface area contributed by atoms with Crippen LogP contribution in [0.5, 0.6) is 0 Å². The molecule has 1 unspecified atom stereocenters. The van der Waals surface area contributed by atoms with Crippen LogP contribution in [0.1, 0.15) is 21.8 Å². The van der Waals surface area contributed by atoms with Gasteiger partial charge in [0, 0.05) is 23.7 Å². The van der Waals surface area contributed by atoms with Crippen LogP contribution >= 0.6 is 58.0 Å². The molecule has 17 heteroatoms. The molecule has 0 radical (unpaired) electrons. The highest BCUT2D eigenvalue weighted by Crippen LogP contribution is 2.65. The molecule has 222 valence electrons. The number of carbonyl (C=O) groups is 3. The normalized spacial score (nSPS) is 17.1. The SMILES string of the molecule is O=C(Nc1cc(NC(=O)C(F)F)c(F)cc1F)c1cc(NC(=O)[C@H]2C(c3cc(Cl)c(Cl)c(Cl)c3)C2(Cl)Cl)cc(F)c1F. The van der Waals surface area contributed by atoms with Gasteiger partial charge in [0.05, 0.1) is 37.9 Å². The summed E-state index contributed by atoms with van der Waals surface area (Å²) >= 11 is 30.6. The Balaban J connectivity index is 1.56. The Labute approximate surface area is 257 Å².